The fourth-order valence-corrected chi connectivity index (χ4v) is 1.60. The van der Waals surface area contributed by atoms with E-state index in [1.54, 1.807) is 0 Å². The average molecular weight is 202 g/mol. The molecule has 7 heteroatoms. The van der Waals surface area contributed by atoms with Crippen LogP contribution in [0.2, 0.25) is 0 Å². The molecule has 0 aliphatic rings. The second-order valence-electron chi connectivity index (χ2n) is 1.59. The van der Waals surface area contributed by atoms with Crippen molar-refractivity contribution in [3.63, 3.8) is 0 Å². The maximum atomic E-state index is 10.1. The zero-order chi connectivity index (χ0) is 8.74. The smallest absolute Gasteiger partial charge is 0.319 e. The highest BCUT2D eigenvalue weighted by atomic mass is 33.1. The first-order valence-electron chi connectivity index (χ1n) is 2.86. The molecule has 0 saturated heterocycles. The van der Waals surface area contributed by atoms with Crippen molar-refractivity contribution in [2.45, 2.75) is 0 Å². The predicted octanol–water partition coefficient (Wildman–Crippen LogP) is -0.469. The van der Waals surface area contributed by atoms with E-state index in [0.717, 1.165) is 0 Å². The van der Waals surface area contributed by atoms with Crippen LogP contribution in [0.5, 0.6) is 0 Å². The quantitative estimate of drug-likeness (QED) is 0.344. The molecule has 0 aromatic carbocycles. The minimum absolute atomic E-state index is 0.0868. The van der Waals surface area contributed by atoms with Crippen molar-refractivity contribution in [3.8, 4) is 0 Å². The molecule has 5 nitrogen and oxygen atoms in total. The first kappa shape index (κ1) is 11.2. The summed E-state index contributed by atoms with van der Waals surface area (Å²) in [4.78, 5) is 0. The Morgan fingerprint density at radius 2 is 2.00 bits per heavy atom. The Morgan fingerprint density at radius 3 is 2.45 bits per heavy atom. The van der Waals surface area contributed by atoms with E-state index in [9.17, 15) is 8.42 Å². The lowest BCUT2D eigenvalue weighted by Crippen LogP contribution is -2.04. The van der Waals surface area contributed by atoms with Crippen molar-refractivity contribution in [1.29, 1.82) is 0 Å². The Labute approximate surface area is 68.9 Å². The number of aliphatic hydroxyl groups excluding tert-OH is 1. The monoisotopic (exact) mass is 202 g/mol. The minimum Gasteiger partial charge on any atom is -0.394 e. The van der Waals surface area contributed by atoms with Gasteiger partial charge in [-0.05, 0) is 10.8 Å². The molecule has 0 aromatic heterocycles. The van der Waals surface area contributed by atoms with Gasteiger partial charge in [0.25, 0.3) is 0 Å². The lowest BCUT2D eigenvalue weighted by atomic mass is 10.7. The molecule has 0 radical (unpaired) electrons. The first-order chi connectivity index (χ1) is 5.06. The van der Waals surface area contributed by atoms with Crippen LogP contribution in [-0.4, -0.2) is 43.7 Å². The third-order valence-electron chi connectivity index (χ3n) is 0.696. The van der Waals surface area contributed by atoms with Crippen LogP contribution in [0.1, 0.15) is 0 Å². The van der Waals surface area contributed by atoms with Gasteiger partial charge in [-0.25, -0.2) is 0 Å². The Hall–Kier alpha value is 0.180. The molecule has 0 saturated carbocycles. The molecule has 11 heavy (non-hydrogen) atoms. The fraction of sp³-hybridized carbons (Fsp3) is 1.00. The van der Waals surface area contributed by atoms with Gasteiger partial charge in [-0.2, -0.15) is 8.42 Å². The standard InChI is InChI=1S/C4H10O5S2/c5-1-2-9-3-4-10-11(6,7)8/h5H,1-4H2,(H,6,7,8). The van der Waals surface area contributed by atoms with Gasteiger partial charge in [-0.3, -0.25) is 4.55 Å². The normalized spacial score (nSPS) is 11.8. The number of rotatable bonds is 6. The average Bonchev–Trinajstić information content (AvgIpc) is 1.85. The van der Waals surface area contributed by atoms with Gasteiger partial charge < -0.3 is 9.84 Å². The van der Waals surface area contributed by atoms with E-state index < -0.39 is 9.15 Å². The summed E-state index contributed by atoms with van der Waals surface area (Å²) in [5, 5.41) is 8.23. The zero-order valence-electron chi connectivity index (χ0n) is 5.76. The molecule has 0 rings (SSSR count). The molecular formula is C4H10O5S2. The molecule has 0 unspecified atom stereocenters. The van der Waals surface area contributed by atoms with E-state index in [-0.39, 0.29) is 25.6 Å². The molecule has 0 heterocycles. The van der Waals surface area contributed by atoms with Crippen molar-refractivity contribution in [1.82, 2.24) is 0 Å². The third kappa shape index (κ3) is 10.2. The second-order valence-corrected chi connectivity index (χ2v) is 5.06. The van der Waals surface area contributed by atoms with E-state index in [4.69, 9.17) is 14.4 Å². The summed E-state index contributed by atoms with van der Waals surface area (Å²) in [5.74, 6) is 0.166. The molecule has 0 atom stereocenters. The van der Waals surface area contributed by atoms with Gasteiger partial charge in [-0.15, -0.1) is 0 Å². The highest BCUT2D eigenvalue weighted by Gasteiger charge is 2.03. The molecule has 0 aromatic rings. The van der Waals surface area contributed by atoms with E-state index in [0.29, 0.717) is 10.8 Å². The highest BCUT2D eigenvalue weighted by molar-refractivity contribution is 8.69. The van der Waals surface area contributed by atoms with Gasteiger partial charge in [0.05, 0.1) is 19.8 Å². The summed E-state index contributed by atoms with van der Waals surface area (Å²) in [6.07, 6.45) is 0. The van der Waals surface area contributed by atoms with Crippen molar-refractivity contribution in [2.24, 2.45) is 0 Å². The van der Waals surface area contributed by atoms with Crippen molar-refractivity contribution >= 4 is 19.9 Å². The lowest BCUT2D eigenvalue weighted by molar-refractivity contribution is 0.103. The van der Waals surface area contributed by atoms with Crippen LogP contribution in [0.25, 0.3) is 0 Å². The van der Waals surface area contributed by atoms with E-state index in [1.807, 2.05) is 0 Å². The summed E-state index contributed by atoms with van der Waals surface area (Å²) in [6, 6.07) is 0. The maximum Gasteiger partial charge on any atom is 0.319 e. The Kier molecular flexibility index (Phi) is 5.88. The first-order valence-corrected chi connectivity index (χ1v) is 5.81. The summed E-state index contributed by atoms with van der Waals surface area (Å²) in [6.45, 7) is 0.299. The minimum atomic E-state index is -3.94. The van der Waals surface area contributed by atoms with Gasteiger partial charge in [0.1, 0.15) is 0 Å². The Balaban J connectivity index is 3.16. The fourth-order valence-electron chi connectivity index (χ4n) is 0.365. The van der Waals surface area contributed by atoms with Gasteiger partial charge in [-0.1, -0.05) is 0 Å². The number of ether oxygens (including phenoxy) is 1. The molecule has 0 bridgehead atoms. The van der Waals surface area contributed by atoms with E-state index >= 15 is 0 Å². The molecule has 0 amide bonds. The third-order valence-corrected chi connectivity index (χ3v) is 2.72. The Bertz CT molecular complexity index is 175. The molecular weight excluding hydrogens is 192 g/mol. The molecule has 2 N–H and O–H groups in total. The largest absolute Gasteiger partial charge is 0.394 e. The molecule has 0 aliphatic carbocycles. The predicted molar refractivity (Wildman–Crippen MR) is 41.9 cm³/mol. The van der Waals surface area contributed by atoms with Crippen LogP contribution in [0.15, 0.2) is 0 Å². The van der Waals surface area contributed by atoms with Crippen LogP contribution in [0.4, 0.5) is 0 Å². The number of hydrogen-bond acceptors (Lipinski definition) is 5. The van der Waals surface area contributed by atoms with Crippen molar-refractivity contribution in [2.75, 3.05) is 25.6 Å². The number of aliphatic hydroxyl groups is 1. The summed E-state index contributed by atoms with van der Waals surface area (Å²) < 4.78 is 33.1. The number of hydrogen-bond donors (Lipinski definition) is 2. The summed E-state index contributed by atoms with van der Waals surface area (Å²) in [7, 11) is -3.53. The van der Waals surface area contributed by atoms with Crippen LogP contribution < -0.4 is 0 Å². The molecule has 68 valence electrons. The second kappa shape index (κ2) is 5.78. The maximum absolute atomic E-state index is 10.1. The summed E-state index contributed by atoms with van der Waals surface area (Å²) in [5.41, 5.74) is 0. The zero-order valence-corrected chi connectivity index (χ0v) is 7.40. The lowest BCUT2D eigenvalue weighted by Gasteiger charge is -1.98. The van der Waals surface area contributed by atoms with E-state index in [2.05, 4.69) is 0 Å². The SMILES string of the molecule is O=S(=O)(O)SCCOCCO. The topological polar surface area (TPSA) is 83.8 Å². The van der Waals surface area contributed by atoms with Crippen LogP contribution in [-0.2, 0) is 13.9 Å². The van der Waals surface area contributed by atoms with Gasteiger partial charge >= 0.3 is 9.15 Å². The molecule has 0 aliphatic heterocycles. The summed E-state index contributed by atoms with van der Waals surface area (Å²) >= 11 is 0. The van der Waals surface area contributed by atoms with Gasteiger partial charge in [0.2, 0.25) is 0 Å². The van der Waals surface area contributed by atoms with Gasteiger partial charge in [0.15, 0.2) is 0 Å². The van der Waals surface area contributed by atoms with Gasteiger partial charge in [0, 0.05) is 5.75 Å². The molecule has 0 spiro atoms. The van der Waals surface area contributed by atoms with Crippen LogP contribution in [0, 0.1) is 0 Å². The van der Waals surface area contributed by atoms with Crippen molar-refractivity contribution < 1.29 is 22.8 Å². The van der Waals surface area contributed by atoms with E-state index in [1.165, 1.54) is 0 Å². The molecule has 0 fully saturated rings. The Morgan fingerprint density at radius 1 is 1.36 bits per heavy atom. The van der Waals surface area contributed by atoms with Crippen LogP contribution in [0.3, 0.4) is 0 Å². The van der Waals surface area contributed by atoms with Crippen molar-refractivity contribution in [3.05, 3.63) is 0 Å². The highest BCUT2D eigenvalue weighted by Crippen LogP contribution is 2.07. The van der Waals surface area contributed by atoms with Crippen LogP contribution >= 0.6 is 10.8 Å².